The molecule has 4 N–H and O–H groups in total. The zero-order valence-corrected chi connectivity index (χ0v) is 33.5. The van der Waals surface area contributed by atoms with Crippen LogP contribution in [-0.2, 0) is 43.4 Å². The lowest BCUT2D eigenvalue weighted by molar-refractivity contribution is -0.278. The summed E-state index contributed by atoms with van der Waals surface area (Å²) in [5.74, 6) is 0.121. The molecule has 11 nitrogen and oxygen atoms in total. The average molecular weight is 769 g/mol. The van der Waals surface area contributed by atoms with Crippen LogP contribution in [0.3, 0.4) is 0 Å². The number of piperidine rings is 1. The van der Waals surface area contributed by atoms with Crippen molar-refractivity contribution < 1.29 is 33.7 Å². The molecular formula is C45H60N4O7. The number of urea groups is 1. The fraction of sp³-hybridized carbons (Fsp3) is 0.533. The molecule has 1 aliphatic carbocycles. The van der Waals surface area contributed by atoms with Crippen LogP contribution >= 0.6 is 0 Å². The molecule has 0 spiro atoms. The van der Waals surface area contributed by atoms with Crippen LogP contribution in [0.4, 0.5) is 4.79 Å². The number of esters is 1. The Labute approximate surface area is 331 Å². The maximum Gasteiger partial charge on any atom is 0.328 e. The van der Waals surface area contributed by atoms with E-state index < -0.39 is 24.3 Å². The fourth-order valence-electron chi connectivity index (χ4n) is 8.63. The first kappa shape index (κ1) is 41.3. The number of rotatable bonds is 12. The number of hydrogen-bond acceptors (Lipinski definition) is 8. The van der Waals surface area contributed by atoms with Crippen molar-refractivity contribution in [3.8, 4) is 0 Å². The third kappa shape index (κ3) is 10.6. The molecular weight excluding hydrogens is 709 g/mol. The topological polar surface area (TPSA) is 138 Å². The molecule has 1 saturated carbocycles. The Balaban J connectivity index is 1.18. The van der Waals surface area contributed by atoms with Crippen LogP contribution in [0.1, 0.15) is 106 Å². The normalized spacial score (nSPS) is 26.0. The van der Waals surface area contributed by atoms with Crippen LogP contribution in [-0.4, -0.2) is 71.3 Å². The van der Waals surface area contributed by atoms with Gasteiger partial charge in [-0.25, -0.2) is 9.59 Å². The standard InChI is InChI=1S/C45H60N4O7/c1-29-39(27-49-37-14-10-9-13-33(37)23-24-38(49)41(51)48-45(2,3)4)55-43(56-40(29)34-19-17-32(28-50)18-20-34)35-21-15-31(16-22-35)26-46-44(53)47-36(42(52)54-5)25-30-11-7-6-8-12-30/h6-8,11-12,15-22,29,33,36-40,43,50H,9-10,13-14,23-28H2,1-5H3,(H,48,51)(H2,46,47,53). The van der Waals surface area contributed by atoms with Crippen molar-refractivity contribution >= 4 is 17.9 Å². The summed E-state index contributed by atoms with van der Waals surface area (Å²) in [7, 11) is 1.31. The van der Waals surface area contributed by atoms with E-state index in [1.807, 2.05) is 99.6 Å². The second kappa shape index (κ2) is 18.8. The second-order valence-electron chi connectivity index (χ2n) is 16.8. The van der Waals surface area contributed by atoms with Crippen LogP contribution in [0.15, 0.2) is 78.9 Å². The zero-order chi connectivity index (χ0) is 39.8. The van der Waals surface area contributed by atoms with Gasteiger partial charge in [-0.15, -0.1) is 0 Å². The summed E-state index contributed by atoms with van der Waals surface area (Å²) >= 11 is 0. The molecule has 3 aliphatic rings. The van der Waals surface area contributed by atoms with Crippen LogP contribution in [0.25, 0.3) is 0 Å². The van der Waals surface area contributed by atoms with Crippen molar-refractivity contribution in [1.29, 1.82) is 0 Å². The van der Waals surface area contributed by atoms with Gasteiger partial charge >= 0.3 is 12.0 Å². The van der Waals surface area contributed by atoms with Gasteiger partial charge in [0.1, 0.15) is 6.04 Å². The molecule has 8 unspecified atom stereocenters. The number of amides is 3. The Morgan fingerprint density at radius 1 is 0.857 bits per heavy atom. The van der Waals surface area contributed by atoms with Gasteiger partial charge in [0.15, 0.2) is 6.29 Å². The molecule has 56 heavy (non-hydrogen) atoms. The SMILES string of the molecule is COC(=O)C(Cc1ccccc1)NC(=O)NCc1ccc(C2OC(CN3C(C(=O)NC(C)(C)C)CCC4CCCCC43)C(C)C(c3ccc(CO)cc3)O2)cc1. The van der Waals surface area contributed by atoms with Gasteiger partial charge in [-0.05, 0) is 74.6 Å². The summed E-state index contributed by atoms with van der Waals surface area (Å²) in [5, 5.41) is 18.6. The number of likely N-dealkylation sites (tertiary alicyclic amines) is 1. The van der Waals surface area contributed by atoms with Gasteiger partial charge in [-0.3, -0.25) is 9.69 Å². The maximum absolute atomic E-state index is 13.9. The summed E-state index contributed by atoms with van der Waals surface area (Å²) in [6, 6.07) is 24.0. The molecule has 6 rings (SSSR count). The molecule has 3 fully saturated rings. The minimum Gasteiger partial charge on any atom is -0.467 e. The molecule has 0 radical (unpaired) electrons. The lowest BCUT2D eigenvalue weighted by Crippen LogP contribution is -2.61. The van der Waals surface area contributed by atoms with E-state index in [-0.39, 0.29) is 48.8 Å². The Hall–Kier alpha value is -4.29. The lowest BCUT2D eigenvalue weighted by Gasteiger charge is -2.51. The van der Waals surface area contributed by atoms with E-state index in [2.05, 4.69) is 27.8 Å². The number of benzene rings is 3. The Kier molecular flexibility index (Phi) is 13.9. The predicted octanol–water partition coefficient (Wildman–Crippen LogP) is 6.49. The number of carbonyl (C=O) groups excluding carboxylic acids is 3. The molecule has 3 aromatic rings. The average Bonchev–Trinajstić information content (AvgIpc) is 3.20. The molecule has 3 aromatic carbocycles. The van der Waals surface area contributed by atoms with Crippen LogP contribution in [0, 0.1) is 11.8 Å². The van der Waals surface area contributed by atoms with E-state index in [1.54, 1.807) is 0 Å². The van der Waals surface area contributed by atoms with E-state index in [9.17, 15) is 19.5 Å². The van der Waals surface area contributed by atoms with Gasteiger partial charge in [0.05, 0.1) is 32.0 Å². The Bertz CT molecular complexity index is 1750. The first-order valence-electron chi connectivity index (χ1n) is 20.3. The number of hydrogen-bond donors (Lipinski definition) is 4. The van der Waals surface area contributed by atoms with Crippen molar-refractivity contribution in [2.24, 2.45) is 11.8 Å². The number of aliphatic hydroxyl groups is 1. The monoisotopic (exact) mass is 768 g/mol. The largest absolute Gasteiger partial charge is 0.467 e. The summed E-state index contributed by atoms with van der Waals surface area (Å²) in [4.78, 5) is 41.7. The van der Waals surface area contributed by atoms with Crippen molar-refractivity contribution in [2.45, 2.75) is 128 Å². The molecule has 2 saturated heterocycles. The molecule has 2 heterocycles. The first-order chi connectivity index (χ1) is 26.9. The van der Waals surface area contributed by atoms with Crippen molar-refractivity contribution in [3.63, 3.8) is 0 Å². The molecule has 302 valence electrons. The maximum atomic E-state index is 13.9. The van der Waals surface area contributed by atoms with Gasteiger partial charge in [0, 0.05) is 42.6 Å². The number of ether oxygens (including phenoxy) is 3. The fourth-order valence-corrected chi connectivity index (χ4v) is 8.63. The molecule has 2 aliphatic heterocycles. The van der Waals surface area contributed by atoms with Crippen molar-refractivity contribution in [2.75, 3.05) is 13.7 Å². The van der Waals surface area contributed by atoms with Crippen LogP contribution < -0.4 is 16.0 Å². The number of nitrogens with zero attached hydrogens (tertiary/aromatic N) is 1. The summed E-state index contributed by atoms with van der Waals surface area (Å²) in [5.41, 5.74) is 4.13. The van der Waals surface area contributed by atoms with Crippen molar-refractivity contribution in [3.05, 3.63) is 107 Å². The van der Waals surface area contributed by atoms with Crippen molar-refractivity contribution in [1.82, 2.24) is 20.9 Å². The number of methoxy groups -OCH3 is 1. The van der Waals surface area contributed by atoms with E-state index in [0.29, 0.717) is 24.9 Å². The van der Waals surface area contributed by atoms with Crippen LogP contribution in [0.5, 0.6) is 0 Å². The first-order valence-corrected chi connectivity index (χ1v) is 20.3. The highest BCUT2D eigenvalue weighted by molar-refractivity contribution is 5.84. The lowest BCUT2D eigenvalue weighted by atomic mass is 9.75. The predicted molar refractivity (Wildman–Crippen MR) is 214 cm³/mol. The number of nitrogens with one attached hydrogen (secondary N) is 3. The van der Waals surface area contributed by atoms with E-state index in [0.717, 1.165) is 47.1 Å². The highest BCUT2D eigenvalue weighted by Gasteiger charge is 2.46. The smallest absolute Gasteiger partial charge is 0.328 e. The minimum absolute atomic E-state index is 0.0285. The second-order valence-corrected chi connectivity index (χ2v) is 16.8. The number of fused-ring (bicyclic) bond motifs is 1. The Morgan fingerprint density at radius 3 is 2.21 bits per heavy atom. The third-order valence-corrected chi connectivity index (χ3v) is 11.6. The van der Waals surface area contributed by atoms with E-state index >= 15 is 0 Å². The zero-order valence-electron chi connectivity index (χ0n) is 33.5. The van der Waals surface area contributed by atoms with E-state index in [1.165, 1.54) is 26.4 Å². The molecule has 0 aromatic heterocycles. The molecule has 0 bridgehead atoms. The Morgan fingerprint density at radius 2 is 1.54 bits per heavy atom. The highest BCUT2D eigenvalue weighted by atomic mass is 16.7. The van der Waals surface area contributed by atoms with Gasteiger partial charge in [-0.2, -0.15) is 0 Å². The highest BCUT2D eigenvalue weighted by Crippen LogP contribution is 2.44. The van der Waals surface area contributed by atoms with Gasteiger partial charge in [0.25, 0.3) is 0 Å². The minimum atomic E-state index is -0.828. The number of aliphatic hydroxyl groups excluding tert-OH is 1. The molecule has 3 amide bonds. The quantitative estimate of drug-likeness (QED) is 0.154. The van der Waals surface area contributed by atoms with Gasteiger partial charge in [0.2, 0.25) is 5.91 Å². The van der Waals surface area contributed by atoms with Gasteiger partial charge < -0.3 is 35.3 Å². The van der Waals surface area contributed by atoms with E-state index in [4.69, 9.17) is 14.2 Å². The third-order valence-electron chi connectivity index (χ3n) is 11.6. The summed E-state index contributed by atoms with van der Waals surface area (Å²) < 4.78 is 18.6. The summed E-state index contributed by atoms with van der Waals surface area (Å²) in [6.45, 7) is 9.09. The van der Waals surface area contributed by atoms with Gasteiger partial charge in [-0.1, -0.05) is 98.6 Å². The summed E-state index contributed by atoms with van der Waals surface area (Å²) in [6.07, 6.45) is 5.72. The number of carbonyl (C=O) groups is 3. The molecule has 11 heteroatoms. The van der Waals surface area contributed by atoms with Crippen LogP contribution in [0.2, 0.25) is 0 Å². The molecule has 8 atom stereocenters.